The van der Waals surface area contributed by atoms with Crippen molar-refractivity contribution < 1.29 is 28.9 Å². The molecule has 1 aromatic rings. The molecule has 15 heteroatoms. The molecule has 14 nitrogen and oxygen atoms in total. The van der Waals surface area contributed by atoms with Gasteiger partial charge in [0.15, 0.2) is 11.8 Å². The standard InChI is InChI=1S/C12H18N7O7P/c1-9(2)11(21)7(19-4-3-6(13)16-8(19)20)26-10(17-18-14,12(9,11)22)5-25-27(15,23)24/h3-4,7,21-22H,5H2,1-2H3,(H2,13,16,20)(H3,15,23,24)/t7-,10-,11-,12-/m1/s1. The number of ether oxygens (including phenoxy) is 1. The van der Waals surface area contributed by atoms with Crippen LogP contribution in [0.5, 0.6) is 0 Å². The van der Waals surface area contributed by atoms with Crippen molar-refractivity contribution in [3.8, 4) is 0 Å². The lowest BCUT2D eigenvalue weighted by Crippen LogP contribution is -2.50. The van der Waals surface area contributed by atoms with Crippen molar-refractivity contribution in [1.29, 1.82) is 0 Å². The van der Waals surface area contributed by atoms with Gasteiger partial charge in [-0.2, -0.15) is 4.98 Å². The maximum Gasteiger partial charge on any atom is 0.400 e. The first kappa shape index (κ1) is 19.7. The summed E-state index contributed by atoms with van der Waals surface area (Å²) in [7, 11) is -4.55. The van der Waals surface area contributed by atoms with Gasteiger partial charge in [-0.3, -0.25) is 9.09 Å². The van der Waals surface area contributed by atoms with Crippen LogP contribution in [0.1, 0.15) is 20.1 Å². The molecular formula is C12H18N7O7P. The molecule has 0 bridgehead atoms. The zero-order chi connectivity index (χ0) is 20.5. The van der Waals surface area contributed by atoms with E-state index in [-0.39, 0.29) is 5.82 Å². The molecule has 1 saturated carbocycles. The van der Waals surface area contributed by atoms with Crippen molar-refractivity contribution >= 4 is 13.6 Å². The van der Waals surface area contributed by atoms with Crippen molar-refractivity contribution in [3.63, 3.8) is 0 Å². The fourth-order valence-electron chi connectivity index (χ4n) is 3.87. The molecule has 0 radical (unpaired) electrons. The van der Waals surface area contributed by atoms with E-state index in [1.165, 1.54) is 26.1 Å². The summed E-state index contributed by atoms with van der Waals surface area (Å²) in [6, 6.07) is 1.26. The van der Waals surface area contributed by atoms with Gasteiger partial charge in [-0.05, 0) is 11.6 Å². The summed E-state index contributed by atoms with van der Waals surface area (Å²) in [5.74, 6) is -0.0828. The number of hydrogen-bond donors (Lipinski definition) is 5. The van der Waals surface area contributed by atoms with Crippen molar-refractivity contribution in [2.24, 2.45) is 16.0 Å². The molecule has 0 amide bonds. The third-order valence-electron chi connectivity index (χ3n) is 5.33. The first-order valence-corrected chi connectivity index (χ1v) is 9.21. The molecule has 2 aliphatic rings. The van der Waals surface area contributed by atoms with Crippen LogP contribution in [0.15, 0.2) is 22.2 Å². The molecule has 148 valence electrons. The number of anilines is 1. The smallest absolute Gasteiger partial charge is 0.383 e. The van der Waals surface area contributed by atoms with E-state index in [4.69, 9.17) is 21.5 Å². The van der Waals surface area contributed by atoms with Crippen LogP contribution in [-0.2, 0) is 13.8 Å². The van der Waals surface area contributed by atoms with Gasteiger partial charge < -0.3 is 25.6 Å². The summed E-state index contributed by atoms with van der Waals surface area (Å²) < 4.78 is 22.3. The van der Waals surface area contributed by atoms with E-state index < -0.39 is 48.6 Å². The van der Waals surface area contributed by atoms with Crippen molar-refractivity contribution in [2.75, 3.05) is 12.3 Å². The van der Waals surface area contributed by atoms with Crippen molar-refractivity contribution in [3.05, 3.63) is 33.2 Å². The predicted molar refractivity (Wildman–Crippen MR) is 88.6 cm³/mol. The molecule has 1 aliphatic heterocycles. The topological polar surface area (TPSA) is 232 Å². The SMILES string of the molecule is CC1(C)[C@]2(O)[C@@]1(O)[C@H](n1ccc(N)nc1=O)O[C@@]2(COP(N)(=O)O)N=[N+]=[N-]. The number of nitrogens with zero attached hydrogens (tertiary/aromatic N) is 5. The number of nitrogen functional groups attached to an aromatic ring is 1. The van der Waals surface area contributed by atoms with Gasteiger partial charge in [0.2, 0.25) is 5.72 Å². The van der Waals surface area contributed by atoms with Crippen LogP contribution in [0.4, 0.5) is 5.82 Å². The quantitative estimate of drug-likeness (QED) is 0.173. The van der Waals surface area contributed by atoms with Crippen LogP contribution in [0.25, 0.3) is 10.4 Å². The minimum atomic E-state index is -4.55. The van der Waals surface area contributed by atoms with Crippen LogP contribution in [0, 0.1) is 5.41 Å². The normalized spacial score (nSPS) is 38.5. The summed E-state index contributed by atoms with van der Waals surface area (Å²) >= 11 is 0. The monoisotopic (exact) mass is 403 g/mol. The predicted octanol–water partition coefficient (Wildman–Crippen LogP) is -1.06. The summed E-state index contributed by atoms with van der Waals surface area (Å²) in [5, 5.41) is 25.7. The van der Waals surface area contributed by atoms with Gasteiger partial charge in [0.25, 0.3) is 0 Å². The Morgan fingerprint density at radius 1 is 1.56 bits per heavy atom. The lowest BCUT2D eigenvalue weighted by molar-refractivity contribution is -0.182. The lowest BCUT2D eigenvalue weighted by Gasteiger charge is -2.34. The fraction of sp³-hybridized carbons (Fsp3) is 0.667. The van der Waals surface area contributed by atoms with Gasteiger partial charge in [0, 0.05) is 16.5 Å². The van der Waals surface area contributed by atoms with Crippen molar-refractivity contribution in [2.45, 2.75) is 37.0 Å². The molecule has 27 heavy (non-hydrogen) atoms. The molecule has 5 atom stereocenters. The summed E-state index contributed by atoms with van der Waals surface area (Å²) in [6.45, 7) is 1.90. The van der Waals surface area contributed by atoms with Gasteiger partial charge in [-0.1, -0.05) is 19.0 Å². The van der Waals surface area contributed by atoms with Gasteiger partial charge in [0.1, 0.15) is 11.4 Å². The molecule has 1 aromatic heterocycles. The molecule has 3 rings (SSSR count). The number of nitrogens with two attached hydrogens (primary N) is 2. The largest absolute Gasteiger partial charge is 0.400 e. The highest BCUT2D eigenvalue weighted by molar-refractivity contribution is 7.50. The van der Waals surface area contributed by atoms with E-state index in [0.29, 0.717) is 0 Å². The van der Waals surface area contributed by atoms with Crippen LogP contribution in [0.2, 0.25) is 0 Å². The minimum absolute atomic E-state index is 0.0828. The Hall–Kier alpha value is -2.02. The first-order chi connectivity index (χ1) is 12.3. The van der Waals surface area contributed by atoms with Crippen molar-refractivity contribution in [1.82, 2.24) is 9.55 Å². The maximum absolute atomic E-state index is 12.2. The second-order valence-corrected chi connectivity index (χ2v) is 8.31. The highest BCUT2D eigenvalue weighted by atomic mass is 31.2. The maximum atomic E-state index is 12.2. The Morgan fingerprint density at radius 3 is 2.70 bits per heavy atom. The van der Waals surface area contributed by atoms with Gasteiger partial charge in [0.05, 0.1) is 6.61 Å². The molecular weight excluding hydrogens is 385 g/mol. The molecule has 0 aromatic carbocycles. The average molecular weight is 403 g/mol. The third-order valence-corrected chi connectivity index (χ3v) is 5.83. The molecule has 7 N–H and O–H groups in total. The van der Waals surface area contributed by atoms with E-state index in [9.17, 15) is 24.5 Å². The highest BCUT2D eigenvalue weighted by Gasteiger charge is 2.97. The zero-order valence-electron chi connectivity index (χ0n) is 14.3. The van der Waals surface area contributed by atoms with Crippen LogP contribution < -0.4 is 16.9 Å². The van der Waals surface area contributed by atoms with E-state index in [0.717, 1.165) is 4.57 Å². The van der Waals surface area contributed by atoms with E-state index in [2.05, 4.69) is 19.5 Å². The molecule has 1 saturated heterocycles. The number of rotatable bonds is 5. The number of azide groups is 1. The molecule has 0 spiro atoms. The third kappa shape index (κ3) is 2.30. The number of aromatic nitrogens is 2. The Labute approximate surface area is 151 Å². The Kier molecular flexibility index (Phi) is 4.02. The lowest BCUT2D eigenvalue weighted by atomic mass is 9.97. The Bertz CT molecular complexity index is 956. The summed E-state index contributed by atoms with van der Waals surface area (Å²) in [6.07, 6.45) is -0.391. The van der Waals surface area contributed by atoms with Gasteiger partial charge >= 0.3 is 13.4 Å². The van der Waals surface area contributed by atoms with Gasteiger partial charge in [-0.25, -0.2) is 14.9 Å². The first-order valence-electron chi connectivity index (χ1n) is 7.57. The Morgan fingerprint density at radius 2 is 2.19 bits per heavy atom. The summed E-state index contributed by atoms with van der Waals surface area (Å²) in [5.41, 5.74) is 10.3. The van der Waals surface area contributed by atoms with Crippen LogP contribution in [0.3, 0.4) is 0 Å². The molecule has 1 unspecified atom stereocenters. The molecule has 2 fully saturated rings. The second-order valence-electron chi connectivity index (χ2n) is 6.93. The van der Waals surface area contributed by atoms with E-state index in [1.54, 1.807) is 0 Å². The van der Waals surface area contributed by atoms with E-state index in [1.807, 2.05) is 0 Å². The number of aliphatic hydroxyl groups is 2. The average Bonchev–Trinajstić information content (AvgIpc) is 2.78. The second kappa shape index (κ2) is 5.50. The fourth-order valence-corrected chi connectivity index (χ4v) is 4.23. The van der Waals surface area contributed by atoms with Crippen LogP contribution >= 0.6 is 7.75 Å². The van der Waals surface area contributed by atoms with E-state index >= 15 is 0 Å². The zero-order valence-corrected chi connectivity index (χ0v) is 15.1. The van der Waals surface area contributed by atoms with Gasteiger partial charge in [-0.15, -0.1) is 0 Å². The molecule has 1 aliphatic carbocycles. The molecule has 2 heterocycles. The number of fused-ring (bicyclic) bond motifs is 1. The Balaban J connectivity index is 2.16. The van der Waals surface area contributed by atoms with Crippen LogP contribution in [-0.4, -0.2) is 48.2 Å². The minimum Gasteiger partial charge on any atom is -0.383 e. The number of hydrogen-bond acceptors (Lipinski definition) is 9. The highest BCUT2D eigenvalue weighted by Crippen LogP contribution is 2.78. The summed E-state index contributed by atoms with van der Waals surface area (Å²) in [4.78, 5) is 27.5.